The van der Waals surface area contributed by atoms with E-state index in [9.17, 15) is 5.11 Å². The number of fused-ring (bicyclic) bond motifs is 1. The average Bonchev–Trinajstić information content (AvgIpc) is 2.26. The summed E-state index contributed by atoms with van der Waals surface area (Å²) in [4.78, 5) is 0. The summed E-state index contributed by atoms with van der Waals surface area (Å²) in [5.74, 6) is -0.0946. The lowest BCUT2D eigenvalue weighted by Crippen LogP contribution is -2.34. The predicted molar refractivity (Wildman–Crippen MR) is 71.0 cm³/mol. The van der Waals surface area contributed by atoms with E-state index < -0.39 is 0 Å². The van der Waals surface area contributed by atoms with Crippen LogP contribution in [0.5, 0.6) is 0 Å². The Morgan fingerprint density at radius 3 is 2.50 bits per heavy atom. The summed E-state index contributed by atoms with van der Waals surface area (Å²) in [5, 5.41) is 18.1. The molecule has 0 fully saturated rings. The zero-order valence-electron chi connectivity index (χ0n) is 11.1. The summed E-state index contributed by atoms with van der Waals surface area (Å²) in [6.07, 6.45) is 4.13. The smallest absolute Gasteiger partial charge is 0.210 e. The minimum absolute atomic E-state index is 0.0298. The van der Waals surface area contributed by atoms with Crippen molar-refractivity contribution in [2.24, 2.45) is 10.5 Å². The van der Waals surface area contributed by atoms with Gasteiger partial charge in [0, 0.05) is 17.4 Å². The summed E-state index contributed by atoms with van der Waals surface area (Å²) < 4.78 is 1.59. The van der Waals surface area contributed by atoms with Gasteiger partial charge < -0.3 is 5.11 Å². The van der Waals surface area contributed by atoms with Gasteiger partial charge in [0.15, 0.2) is 0 Å². The maximum atomic E-state index is 11.8. The second kappa shape index (κ2) is 4.77. The summed E-state index contributed by atoms with van der Waals surface area (Å²) >= 11 is 0. The number of benzene rings is 1. The van der Waals surface area contributed by atoms with Crippen molar-refractivity contribution in [3.8, 4) is 0 Å². The van der Waals surface area contributed by atoms with E-state index in [4.69, 9.17) is 0 Å². The maximum Gasteiger partial charge on any atom is 0.210 e. The van der Waals surface area contributed by atoms with E-state index in [-0.39, 0.29) is 11.3 Å². The molecule has 2 rings (SSSR count). The first-order chi connectivity index (χ1) is 8.44. The SMILES string of the molecule is CC(C)(C)C/C([O-])=N/[n+]1ccc2ccccc2c1. The highest BCUT2D eigenvalue weighted by Crippen LogP contribution is 2.17. The first-order valence-corrected chi connectivity index (χ1v) is 6.09. The molecule has 18 heavy (non-hydrogen) atoms. The van der Waals surface area contributed by atoms with Gasteiger partial charge in [0.05, 0.1) is 0 Å². The lowest BCUT2D eigenvalue weighted by atomic mass is 9.92. The molecule has 0 N–H and O–H groups in total. The Hall–Kier alpha value is -1.90. The topological polar surface area (TPSA) is 39.3 Å². The van der Waals surface area contributed by atoms with Crippen LogP contribution in [0.15, 0.2) is 47.8 Å². The minimum atomic E-state index is -0.0946. The van der Waals surface area contributed by atoms with Crippen LogP contribution in [-0.4, -0.2) is 5.90 Å². The van der Waals surface area contributed by atoms with E-state index in [0.29, 0.717) is 6.42 Å². The average molecular weight is 242 g/mol. The summed E-state index contributed by atoms with van der Waals surface area (Å²) in [7, 11) is 0. The molecule has 1 aromatic carbocycles. The first kappa shape index (κ1) is 12.6. The van der Waals surface area contributed by atoms with Gasteiger partial charge in [-0.25, -0.2) is 0 Å². The van der Waals surface area contributed by atoms with Crippen LogP contribution < -0.4 is 9.78 Å². The van der Waals surface area contributed by atoms with Crippen molar-refractivity contribution in [1.29, 1.82) is 0 Å². The third kappa shape index (κ3) is 3.29. The molecule has 0 saturated carbocycles. The molecule has 94 valence electrons. The van der Waals surface area contributed by atoms with Crippen LogP contribution in [0, 0.1) is 5.41 Å². The zero-order valence-corrected chi connectivity index (χ0v) is 11.1. The number of aromatic nitrogens is 1. The monoisotopic (exact) mass is 242 g/mol. The van der Waals surface area contributed by atoms with Gasteiger partial charge in [-0.2, -0.15) is 0 Å². The van der Waals surface area contributed by atoms with E-state index in [1.807, 2.05) is 63.5 Å². The van der Waals surface area contributed by atoms with E-state index in [2.05, 4.69) is 5.10 Å². The van der Waals surface area contributed by atoms with Crippen LogP contribution in [0.3, 0.4) is 0 Å². The van der Waals surface area contributed by atoms with Gasteiger partial charge in [0.2, 0.25) is 12.4 Å². The molecule has 3 heteroatoms. The molecule has 0 unspecified atom stereocenters. The van der Waals surface area contributed by atoms with Gasteiger partial charge in [-0.15, -0.1) is 0 Å². The highest BCUT2D eigenvalue weighted by atomic mass is 16.3. The molecule has 0 amide bonds. The van der Waals surface area contributed by atoms with Crippen molar-refractivity contribution in [2.75, 3.05) is 0 Å². The molecule has 0 atom stereocenters. The molecule has 1 heterocycles. The molecule has 0 saturated heterocycles. The van der Waals surface area contributed by atoms with Crippen LogP contribution in [0.1, 0.15) is 27.2 Å². The number of hydrogen-bond acceptors (Lipinski definition) is 2. The second-order valence-corrected chi connectivity index (χ2v) is 5.68. The van der Waals surface area contributed by atoms with E-state index in [1.54, 1.807) is 4.68 Å². The zero-order chi connectivity index (χ0) is 13.2. The molecule has 0 aliphatic heterocycles. The third-order valence-corrected chi connectivity index (χ3v) is 2.58. The standard InChI is InChI=1S/C15H18N2O/c1-15(2,3)10-14(18)16-17-9-8-12-6-4-5-7-13(12)11-17/h4-9,11H,10H2,1-3H3. The number of pyridine rings is 1. The Labute approximate surface area is 107 Å². The minimum Gasteiger partial charge on any atom is -0.858 e. The van der Waals surface area contributed by atoms with Crippen LogP contribution in [-0.2, 0) is 0 Å². The summed E-state index contributed by atoms with van der Waals surface area (Å²) in [6, 6.07) is 9.98. The van der Waals surface area contributed by atoms with Gasteiger partial charge in [-0.3, -0.25) is 0 Å². The van der Waals surface area contributed by atoms with Crippen LogP contribution >= 0.6 is 0 Å². The molecular formula is C15H18N2O. The van der Waals surface area contributed by atoms with Crippen molar-refractivity contribution >= 4 is 16.7 Å². The number of hydrogen-bond donors (Lipinski definition) is 0. The lowest BCUT2D eigenvalue weighted by Gasteiger charge is -2.20. The fraction of sp³-hybridized carbons (Fsp3) is 0.333. The van der Waals surface area contributed by atoms with Gasteiger partial charge in [-0.1, -0.05) is 43.6 Å². The third-order valence-electron chi connectivity index (χ3n) is 2.58. The molecule has 0 radical (unpaired) electrons. The second-order valence-electron chi connectivity index (χ2n) is 5.68. The molecule has 2 aromatic rings. The van der Waals surface area contributed by atoms with E-state index >= 15 is 0 Å². The van der Waals surface area contributed by atoms with Crippen molar-refractivity contribution in [1.82, 2.24) is 0 Å². The van der Waals surface area contributed by atoms with Crippen LogP contribution in [0.2, 0.25) is 0 Å². The largest absolute Gasteiger partial charge is 0.858 e. The molecule has 1 aromatic heterocycles. The van der Waals surface area contributed by atoms with Gasteiger partial charge in [-0.05, 0) is 28.4 Å². The highest BCUT2D eigenvalue weighted by molar-refractivity contribution is 5.80. The van der Waals surface area contributed by atoms with Crippen molar-refractivity contribution < 1.29 is 9.78 Å². The van der Waals surface area contributed by atoms with Crippen molar-refractivity contribution in [3.05, 3.63) is 42.7 Å². The Morgan fingerprint density at radius 1 is 1.17 bits per heavy atom. The lowest BCUT2D eigenvalue weighted by molar-refractivity contribution is -0.680. The molecule has 0 aliphatic rings. The molecule has 0 bridgehead atoms. The molecule has 0 spiro atoms. The summed E-state index contributed by atoms with van der Waals surface area (Å²) in [5.41, 5.74) is -0.0298. The van der Waals surface area contributed by atoms with Crippen molar-refractivity contribution in [3.63, 3.8) is 0 Å². The number of nitrogens with zero attached hydrogens (tertiary/aromatic N) is 2. The Balaban J connectivity index is 2.29. The Bertz CT molecular complexity index is 582. The van der Waals surface area contributed by atoms with Gasteiger partial charge in [0.1, 0.15) is 0 Å². The highest BCUT2D eigenvalue weighted by Gasteiger charge is 2.11. The molecule has 3 nitrogen and oxygen atoms in total. The summed E-state index contributed by atoms with van der Waals surface area (Å²) in [6.45, 7) is 6.10. The number of rotatable bonds is 2. The molecular weight excluding hydrogens is 224 g/mol. The predicted octanol–water partition coefficient (Wildman–Crippen LogP) is 2.09. The Kier molecular flexibility index (Phi) is 3.32. The fourth-order valence-corrected chi connectivity index (χ4v) is 1.80. The van der Waals surface area contributed by atoms with Crippen LogP contribution in [0.25, 0.3) is 10.8 Å². The van der Waals surface area contributed by atoms with Gasteiger partial charge >= 0.3 is 0 Å². The van der Waals surface area contributed by atoms with Crippen LogP contribution in [0.4, 0.5) is 0 Å². The van der Waals surface area contributed by atoms with Crippen molar-refractivity contribution in [2.45, 2.75) is 27.2 Å². The fourth-order valence-electron chi connectivity index (χ4n) is 1.80. The first-order valence-electron chi connectivity index (χ1n) is 6.09. The Morgan fingerprint density at radius 2 is 1.83 bits per heavy atom. The van der Waals surface area contributed by atoms with Gasteiger partial charge in [0.25, 0.3) is 0 Å². The van der Waals surface area contributed by atoms with E-state index in [1.165, 1.54) is 0 Å². The van der Waals surface area contributed by atoms with E-state index in [0.717, 1.165) is 10.8 Å². The molecule has 0 aliphatic carbocycles. The quantitative estimate of drug-likeness (QED) is 0.451. The normalized spacial score (nSPS) is 12.9. The maximum absolute atomic E-state index is 11.8.